The van der Waals surface area contributed by atoms with Crippen molar-refractivity contribution < 1.29 is 18.9 Å². The number of methoxy groups -OCH3 is 2. The van der Waals surface area contributed by atoms with Crippen LogP contribution in [0, 0.1) is 11.8 Å². The smallest absolute Gasteiger partial charge is 0.149 e. The molecule has 0 unspecified atom stereocenters. The molecule has 4 rings (SSSR count). The first-order valence-corrected chi connectivity index (χ1v) is 11.7. The zero-order chi connectivity index (χ0) is 24.6. The van der Waals surface area contributed by atoms with Gasteiger partial charge in [0.1, 0.15) is 30.5 Å². The molecule has 0 saturated heterocycles. The summed E-state index contributed by atoms with van der Waals surface area (Å²) in [6.45, 7) is 1.52. The molecule has 1 aromatic heterocycles. The maximum atomic E-state index is 6.11. The van der Waals surface area contributed by atoms with Crippen molar-refractivity contribution >= 4 is 34.1 Å². The summed E-state index contributed by atoms with van der Waals surface area (Å²) in [5.41, 5.74) is 3.05. The first-order chi connectivity index (χ1) is 17.1. The number of benzene rings is 3. The van der Waals surface area contributed by atoms with E-state index in [0.29, 0.717) is 29.8 Å². The van der Waals surface area contributed by atoms with E-state index in [0.717, 1.165) is 39.4 Å². The molecule has 0 N–H and O–H groups in total. The summed E-state index contributed by atoms with van der Waals surface area (Å²) in [5, 5.41) is 2.37. The minimum Gasteiger partial charge on any atom is -0.497 e. The molecule has 180 valence electrons. The van der Waals surface area contributed by atoms with Crippen LogP contribution in [0.2, 0.25) is 10.0 Å². The Bertz CT molecular complexity index is 1340. The molecule has 3 aromatic carbocycles. The van der Waals surface area contributed by atoms with Gasteiger partial charge in [0.15, 0.2) is 0 Å². The molecule has 35 heavy (non-hydrogen) atoms. The molecule has 5 nitrogen and oxygen atoms in total. The van der Waals surface area contributed by atoms with Gasteiger partial charge in [-0.1, -0.05) is 35.0 Å². The maximum Gasteiger partial charge on any atom is 0.149 e. The molecule has 4 aromatic rings. The number of rotatable bonds is 9. The highest BCUT2D eigenvalue weighted by Gasteiger charge is 2.18. The van der Waals surface area contributed by atoms with Crippen LogP contribution in [-0.2, 0) is 24.5 Å². The highest BCUT2D eigenvalue weighted by atomic mass is 35.5. The van der Waals surface area contributed by atoms with Gasteiger partial charge in [0.05, 0.1) is 26.0 Å². The van der Waals surface area contributed by atoms with Crippen LogP contribution in [0.3, 0.4) is 0 Å². The lowest BCUT2D eigenvalue weighted by molar-refractivity contribution is 0.182. The predicted molar refractivity (Wildman–Crippen MR) is 140 cm³/mol. The van der Waals surface area contributed by atoms with Crippen molar-refractivity contribution in [2.45, 2.75) is 19.8 Å². The molecule has 7 heteroatoms. The lowest BCUT2D eigenvalue weighted by atomic mass is 10.1. The van der Waals surface area contributed by atoms with Crippen LogP contribution in [0.4, 0.5) is 0 Å². The van der Waals surface area contributed by atoms with Crippen molar-refractivity contribution in [2.24, 2.45) is 0 Å². The third kappa shape index (κ3) is 6.23. The van der Waals surface area contributed by atoms with E-state index in [9.17, 15) is 0 Å². The second kappa shape index (κ2) is 11.9. The molecule has 0 aliphatic carbocycles. The Morgan fingerprint density at radius 3 is 2.00 bits per heavy atom. The molecule has 0 amide bonds. The summed E-state index contributed by atoms with van der Waals surface area (Å²) in [6.07, 6.45) is 0. The van der Waals surface area contributed by atoms with Gasteiger partial charge >= 0.3 is 0 Å². The Balaban J connectivity index is 1.61. The van der Waals surface area contributed by atoms with Crippen LogP contribution >= 0.6 is 23.2 Å². The summed E-state index contributed by atoms with van der Waals surface area (Å²) in [5.74, 6) is 8.55. The third-order valence-corrected chi connectivity index (χ3v) is 5.96. The Labute approximate surface area is 215 Å². The quantitative estimate of drug-likeness (QED) is 0.233. The highest BCUT2D eigenvalue weighted by molar-refractivity contribution is 6.30. The van der Waals surface area contributed by atoms with Gasteiger partial charge in [-0.15, -0.1) is 0 Å². The fourth-order valence-electron chi connectivity index (χ4n) is 3.75. The van der Waals surface area contributed by atoms with Crippen molar-refractivity contribution in [1.82, 2.24) is 4.57 Å². The first kappa shape index (κ1) is 24.8. The van der Waals surface area contributed by atoms with Crippen molar-refractivity contribution in [3.63, 3.8) is 0 Å². The summed E-state index contributed by atoms with van der Waals surface area (Å²) >= 11 is 11.9. The molecule has 0 atom stereocenters. The summed E-state index contributed by atoms with van der Waals surface area (Å²) in [6, 6.07) is 20.5. The van der Waals surface area contributed by atoms with Gasteiger partial charge in [0.2, 0.25) is 0 Å². The van der Waals surface area contributed by atoms with Gasteiger partial charge in [0, 0.05) is 33.6 Å². The number of aromatic nitrogens is 1. The average Bonchev–Trinajstić information content (AvgIpc) is 3.16. The van der Waals surface area contributed by atoms with Gasteiger partial charge in [-0.05, 0) is 66.7 Å². The number of fused-ring (bicyclic) bond motifs is 1. The largest absolute Gasteiger partial charge is 0.497 e. The van der Waals surface area contributed by atoms with Gasteiger partial charge < -0.3 is 23.5 Å². The predicted octanol–water partition coefficient (Wildman–Crippen LogP) is 6.76. The Kier molecular flexibility index (Phi) is 8.44. The fourth-order valence-corrected chi connectivity index (χ4v) is 4.00. The molecular formula is C28H25Cl2NO4. The number of hydrogen-bond acceptors (Lipinski definition) is 4. The van der Waals surface area contributed by atoms with Crippen molar-refractivity contribution in [1.29, 1.82) is 0 Å². The van der Waals surface area contributed by atoms with E-state index in [4.69, 9.17) is 42.1 Å². The van der Waals surface area contributed by atoms with Crippen LogP contribution in [0.1, 0.15) is 11.3 Å². The summed E-state index contributed by atoms with van der Waals surface area (Å²) in [4.78, 5) is 0. The zero-order valence-corrected chi connectivity index (χ0v) is 21.0. The molecule has 0 saturated carbocycles. The first-order valence-electron chi connectivity index (χ1n) is 11.0. The van der Waals surface area contributed by atoms with Crippen LogP contribution in [-0.4, -0.2) is 25.4 Å². The standard InChI is InChI=1S/C28H25Cl2NO4/c1-32-18-26-25-17-24(33-2)13-14-27(25)31(28(26)19-35-23-11-7-21(30)8-12-23)15-3-4-16-34-22-9-5-20(29)6-10-22/h5-14,17H,15-16,18-19H2,1-2H3. The van der Waals surface area contributed by atoms with Crippen molar-refractivity contribution in [2.75, 3.05) is 20.8 Å². The fraction of sp³-hybridized carbons (Fsp3) is 0.214. The van der Waals surface area contributed by atoms with Gasteiger partial charge in [0.25, 0.3) is 0 Å². The minimum atomic E-state index is 0.274. The molecule has 0 aliphatic rings. The van der Waals surface area contributed by atoms with Gasteiger partial charge in [-0.3, -0.25) is 0 Å². The maximum absolute atomic E-state index is 6.11. The van der Waals surface area contributed by atoms with E-state index < -0.39 is 0 Å². The van der Waals surface area contributed by atoms with E-state index in [1.165, 1.54) is 0 Å². The second-order valence-corrected chi connectivity index (χ2v) is 8.54. The highest BCUT2D eigenvalue weighted by Crippen LogP contribution is 2.31. The molecule has 0 bridgehead atoms. The number of halogens is 2. The van der Waals surface area contributed by atoms with E-state index in [-0.39, 0.29) is 6.61 Å². The lowest BCUT2D eigenvalue weighted by Gasteiger charge is -2.12. The van der Waals surface area contributed by atoms with Crippen LogP contribution in [0.5, 0.6) is 17.2 Å². The minimum absolute atomic E-state index is 0.274. The lowest BCUT2D eigenvalue weighted by Crippen LogP contribution is -2.08. The molecule has 1 heterocycles. The Morgan fingerprint density at radius 2 is 1.37 bits per heavy atom. The summed E-state index contributed by atoms with van der Waals surface area (Å²) in [7, 11) is 3.34. The van der Waals surface area contributed by atoms with E-state index in [2.05, 4.69) is 16.4 Å². The Morgan fingerprint density at radius 1 is 0.743 bits per heavy atom. The third-order valence-electron chi connectivity index (χ3n) is 5.46. The normalized spacial score (nSPS) is 10.6. The SMILES string of the molecule is COCc1c(COc2ccc(Cl)cc2)n(CC#CCOc2ccc(Cl)cc2)c2ccc(OC)cc12. The zero-order valence-electron chi connectivity index (χ0n) is 19.5. The average molecular weight is 510 g/mol. The number of ether oxygens (including phenoxy) is 4. The van der Waals surface area contributed by atoms with E-state index >= 15 is 0 Å². The Hall–Kier alpha value is -3.30. The van der Waals surface area contributed by atoms with Crippen LogP contribution in [0.25, 0.3) is 10.9 Å². The van der Waals surface area contributed by atoms with E-state index in [1.54, 1.807) is 38.5 Å². The number of hydrogen-bond donors (Lipinski definition) is 0. The molecule has 0 radical (unpaired) electrons. The summed E-state index contributed by atoms with van der Waals surface area (Å²) < 4.78 is 24.9. The topological polar surface area (TPSA) is 41.9 Å². The molecule has 0 aliphatic heterocycles. The van der Waals surface area contributed by atoms with Crippen LogP contribution in [0.15, 0.2) is 66.7 Å². The van der Waals surface area contributed by atoms with E-state index in [1.807, 2.05) is 42.5 Å². The van der Waals surface area contributed by atoms with Gasteiger partial charge in [-0.2, -0.15) is 0 Å². The van der Waals surface area contributed by atoms with Crippen LogP contribution < -0.4 is 14.2 Å². The van der Waals surface area contributed by atoms with Crippen molar-refractivity contribution in [3.8, 4) is 29.1 Å². The monoisotopic (exact) mass is 509 g/mol. The number of nitrogens with zero attached hydrogens (tertiary/aromatic N) is 1. The molecular weight excluding hydrogens is 485 g/mol. The van der Waals surface area contributed by atoms with Gasteiger partial charge in [-0.25, -0.2) is 0 Å². The molecule has 0 spiro atoms. The second-order valence-electron chi connectivity index (χ2n) is 7.67. The molecule has 0 fully saturated rings. The van der Waals surface area contributed by atoms with Crippen molar-refractivity contribution in [3.05, 3.63) is 88.0 Å².